The van der Waals surface area contributed by atoms with E-state index in [9.17, 15) is 9.59 Å². The molecule has 0 bridgehead atoms. The molecule has 1 heterocycles. The summed E-state index contributed by atoms with van der Waals surface area (Å²) in [5.41, 5.74) is 1.12. The molecule has 1 atom stereocenters. The monoisotopic (exact) mass is 358 g/mol. The molecular formula is C21H30N2O3. The number of hydrogen-bond donors (Lipinski definition) is 1. The van der Waals surface area contributed by atoms with Crippen LogP contribution in [0.5, 0.6) is 0 Å². The number of hydrogen-bond acceptors (Lipinski definition) is 3. The summed E-state index contributed by atoms with van der Waals surface area (Å²) in [6.07, 6.45) is 3.84. The lowest BCUT2D eigenvalue weighted by molar-refractivity contribution is -0.126. The summed E-state index contributed by atoms with van der Waals surface area (Å²) in [5.74, 6) is 0.161. The highest BCUT2D eigenvalue weighted by molar-refractivity contribution is 6.02. The van der Waals surface area contributed by atoms with Gasteiger partial charge in [-0.25, -0.2) is 0 Å². The van der Waals surface area contributed by atoms with Crippen molar-refractivity contribution in [2.24, 2.45) is 5.92 Å². The molecule has 142 valence electrons. The molecular weight excluding hydrogens is 328 g/mol. The fourth-order valence-corrected chi connectivity index (χ4v) is 4.58. The van der Waals surface area contributed by atoms with E-state index in [4.69, 9.17) is 4.74 Å². The van der Waals surface area contributed by atoms with E-state index < -0.39 is 5.54 Å². The smallest absolute Gasteiger partial charge is 0.254 e. The number of rotatable bonds is 6. The Bertz CT molecular complexity index is 665. The molecule has 3 rings (SSSR count). The zero-order chi connectivity index (χ0) is 18.7. The molecule has 2 amide bonds. The Kier molecular flexibility index (Phi) is 5.66. The molecule has 0 radical (unpaired) electrons. The van der Waals surface area contributed by atoms with Crippen LogP contribution in [0, 0.1) is 5.92 Å². The van der Waals surface area contributed by atoms with Gasteiger partial charge in [-0.3, -0.25) is 9.59 Å². The molecule has 5 heteroatoms. The molecule has 1 spiro atoms. The number of benzene rings is 1. The second-order valence-electron chi connectivity index (χ2n) is 7.92. The van der Waals surface area contributed by atoms with E-state index in [2.05, 4.69) is 19.2 Å². The van der Waals surface area contributed by atoms with Crippen LogP contribution in [0.2, 0.25) is 0 Å². The number of ether oxygens (including phenoxy) is 1. The molecule has 5 nitrogen and oxygen atoms in total. The minimum atomic E-state index is -0.426. The largest absolute Gasteiger partial charge is 0.383 e. The van der Waals surface area contributed by atoms with E-state index in [1.807, 2.05) is 29.2 Å². The molecule has 0 saturated heterocycles. The lowest BCUT2D eigenvalue weighted by atomic mass is 9.71. The average Bonchev–Trinajstić information content (AvgIpc) is 3.10. The first-order valence-electron chi connectivity index (χ1n) is 9.69. The minimum Gasteiger partial charge on any atom is -0.383 e. The predicted molar refractivity (Wildman–Crippen MR) is 101 cm³/mol. The summed E-state index contributed by atoms with van der Waals surface area (Å²) in [6, 6.07) is 7.62. The number of carbonyl (C=O) groups excluding carboxylic acids is 2. The molecule has 1 aliphatic carbocycles. The minimum absolute atomic E-state index is 0.0347. The van der Waals surface area contributed by atoms with Crippen molar-refractivity contribution in [1.29, 1.82) is 0 Å². The fraction of sp³-hybridized carbons (Fsp3) is 0.619. The molecule has 2 aliphatic rings. The number of fused-ring (bicyclic) bond motifs is 1. The Hall–Kier alpha value is -1.88. The third-order valence-electron chi connectivity index (χ3n) is 5.76. The number of nitrogens with one attached hydrogen (secondary N) is 1. The Morgan fingerprint density at radius 3 is 2.65 bits per heavy atom. The lowest BCUT2D eigenvalue weighted by Gasteiger charge is -2.50. The lowest BCUT2D eigenvalue weighted by Crippen LogP contribution is -2.61. The summed E-state index contributed by atoms with van der Waals surface area (Å²) in [4.78, 5) is 28.5. The van der Waals surface area contributed by atoms with E-state index in [0.717, 1.165) is 31.2 Å². The highest BCUT2D eigenvalue weighted by atomic mass is 16.5. The van der Waals surface area contributed by atoms with E-state index in [1.54, 1.807) is 7.11 Å². The van der Waals surface area contributed by atoms with E-state index in [-0.39, 0.29) is 17.7 Å². The summed E-state index contributed by atoms with van der Waals surface area (Å²) >= 11 is 0. The van der Waals surface area contributed by atoms with Crippen LogP contribution in [0.3, 0.4) is 0 Å². The normalized spacial score (nSPS) is 21.3. The van der Waals surface area contributed by atoms with Crippen LogP contribution in [-0.2, 0) is 9.53 Å². The van der Waals surface area contributed by atoms with Gasteiger partial charge in [0.25, 0.3) is 5.91 Å². The molecule has 26 heavy (non-hydrogen) atoms. The Balaban J connectivity index is 2.06. The summed E-state index contributed by atoms with van der Waals surface area (Å²) in [7, 11) is 1.65. The molecule has 1 N–H and O–H groups in total. The summed E-state index contributed by atoms with van der Waals surface area (Å²) in [6.45, 7) is 5.84. The van der Waals surface area contributed by atoms with Crippen LogP contribution in [0.15, 0.2) is 24.3 Å². The van der Waals surface area contributed by atoms with Crippen LogP contribution in [-0.4, -0.2) is 49.1 Å². The van der Waals surface area contributed by atoms with Crippen molar-refractivity contribution in [2.45, 2.75) is 51.0 Å². The first-order valence-corrected chi connectivity index (χ1v) is 9.69. The molecule has 1 saturated carbocycles. The molecule has 1 aliphatic heterocycles. The van der Waals surface area contributed by atoms with Crippen molar-refractivity contribution in [3.05, 3.63) is 35.4 Å². The quantitative estimate of drug-likeness (QED) is 0.850. The van der Waals surface area contributed by atoms with Crippen LogP contribution in [0.25, 0.3) is 0 Å². The van der Waals surface area contributed by atoms with Crippen molar-refractivity contribution < 1.29 is 14.3 Å². The number of carbonyl (C=O) groups is 2. The van der Waals surface area contributed by atoms with Gasteiger partial charge in [0.05, 0.1) is 18.1 Å². The Labute approximate surface area is 156 Å². The van der Waals surface area contributed by atoms with Gasteiger partial charge in [0.1, 0.15) is 0 Å². The number of nitrogens with zero attached hydrogens (tertiary/aromatic N) is 1. The summed E-state index contributed by atoms with van der Waals surface area (Å²) in [5, 5.41) is 3.13. The van der Waals surface area contributed by atoms with Crippen molar-refractivity contribution in [2.75, 3.05) is 26.8 Å². The maximum absolute atomic E-state index is 13.3. The van der Waals surface area contributed by atoms with Crippen molar-refractivity contribution in [3.63, 3.8) is 0 Å². The summed E-state index contributed by atoms with van der Waals surface area (Å²) < 4.78 is 5.26. The Morgan fingerprint density at radius 1 is 1.31 bits per heavy atom. The van der Waals surface area contributed by atoms with Gasteiger partial charge < -0.3 is 15.0 Å². The van der Waals surface area contributed by atoms with Gasteiger partial charge >= 0.3 is 0 Å². The van der Waals surface area contributed by atoms with Crippen molar-refractivity contribution >= 4 is 11.8 Å². The topological polar surface area (TPSA) is 58.6 Å². The zero-order valence-corrected chi connectivity index (χ0v) is 16.1. The molecule has 1 aromatic rings. The SMILES string of the molecule is COCCN1C(=O)c2ccccc2[C@H](C(=O)NCC(C)C)C12CCCC2. The van der Waals surface area contributed by atoms with Crippen molar-refractivity contribution in [3.8, 4) is 0 Å². The standard InChI is InChI=1S/C21H30N2O3/c1-15(2)14-22-19(24)18-16-8-4-5-9-17(16)20(25)23(12-13-26-3)21(18)10-6-7-11-21/h4-5,8-9,15,18H,6-7,10-14H2,1-3H3,(H,22,24)/t18-/m1/s1. The highest BCUT2D eigenvalue weighted by Crippen LogP contribution is 2.50. The molecule has 0 aromatic heterocycles. The predicted octanol–water partition coefficient (Wildman–Crippen LogP) is 2.96. The first kappa shape index (κ1) is 18.9. The number of methoxy groups -OCH3 is 1. The third kappa shape index (κ3) is 3.25. The maximum Gasteiger partial charge on any atom is 0.254 e. The average molecular weight is 358 g/mol. The van der Waals surface area contributed by atoms with E-state index in [1.165, 1.54) is 0 Å². The second kappa shape index (κ2) is 7.78. The maximum atomic E-state index is 13.3. The molecule has 0 unspecified atom stereocenters. The van der Waals surface area contributed by atoms with Gasteiger partial charge in [-0.05, 0) is 30.4 Å². The number of amides is 2. The van der Waals surface area contributed by atoms with Gasteiger partial charge in [0.2, 0.25) is 5.91 Å². The van der Waals surface area contributed by atoms with Gasteiger partial charge in [-0.2, -0.15) is 0 Å². The fourth-order valence-electron chi connectivity index (χ4n) is 4.58. The van der Waals surface area contributed by atoms with Gasteiger partial charge in [0, 0.05) is 25.8 Å². The Morgan fingerprint density at radius 2 is 2.00 bits per heavy atom. The second-order valence-corrected chi connectivity index (χ2v) is 7.92. The highest BCUT2D eigenvalue weighted by Gasteiger charge is 2.55. The molecule has 1 aromatic carbocycles. The first-order chi connectivity index (χ1) is 12.5. The zero-order valence-electron chi connectivity index (χ0n) is 16.1. The van der Waals surface area contributed by atoms with E-state index in [0.29, 0.717) is 31.2 Å². The van der Waals surface area contributed by atoms with Crippen LogP contribution < -0.4 is 5.32 Å². The van der Waals surface area contributed by atoms with Crippen LogP contribution >= 0.6 is 0 Å². The van der Waals surface area contributed by atoms with E-state index >= 15 is 0 Å². The third-order valence-corrected chi connectivity index (χ3v) is 5.76. The van der Waals surface area contributed by atoms with Crippen LogP contribution in [0.4, 0.5) is 0 Å². The van der Waals surface area contributed by atoms with Crippen LogP contribution in [0.1, 0.15) is 61.4 Å². The van der Waals surface area contributed by atoms with Crippen molar-refractivity contribution in [1.82, 2.24) is 10.2 Å². The van der Waals surface area contributed by atoms with Gasteiger partial charge in [-0.1, -0.05) is 44.9 Å². The molecule has 1 fully saturated rings. The van der Waals surface area contributed by atoms with Gasteiger partial charge in [-0.15, -0.1) is 0 Å². The van der Waals surface area contributed by atoms with Gasteiger partial charge in [0.15, 0.2) is 0 Å².